The van der Waals surface area contributed by atoms with Crippen LogP contribution in [-0.2, 0) is 23.9 Å². The Hall–Kier alpha value is -1.73. The molecule has 0 aliphatic heterocycles. The summed E-state index contributed by atoms with van der Waals surface area (Å²) in [6, 6.07) is 0. The molecule has 3 saturated carbocycles. The topological polar surface area (TPSA) is 110 Å². The summed E-state index contributed by atoms with van der Waals surface area (Å²) in [5.41, 5.74) is 0. The zero-order valence-electron chi connectivity index (χ0n) is 18.8. The molecular formula is C21H30F6O7. The van der Waals surface area contributed by atoms with Crippen LogP contribution in [0.5, 0.6) is 0 Å². The number of carboxylic acids is 1. The van der Waals surface area contributed by atoms with Gasteiger partial charge in [-0.3, -0.25) is 14.4 Å². The molecule has 3 fully saturated rings. The molecule has 198 valence electrons. The largest absolute Gasteiger partial charge is 0.481 e. The molecule has 0 aromatic heterocycles. The molecule has 0 atom stereocenters. The van der Waals surface area contributed by atoms with Crippen molar-refractivity contribution >= 4 is 17.5 Å². The van der Waals surface area contributed by atoms with Crippen LogP contribution >= 0.6 is 0 Å². The van der Waals surface area contributed by atoms with Crippen LogP contribution in [0.25, 0.3) is 0 Å². The number of rotatable bonds is 7. The van der Waals surface area contributed by atoms with E-state index in [1.165, 1.54) is 6.92 Å². The molecule has 0 unspecified atom stereocenters. The zero-order valence-corrected chi connectivity index (χ0v) is 18.8. The van der Waals surface area contributed by atoms with E-state index in [0.717, 1.165) is 0 Å². The van der Waals surface area contributed by atoms with Crippen LogP contribution in [-0.4, -0.2) is 71.6 Å². The second kappa shape index (κ2) is 12.8. The summed E-state index contributed by atoms with van der Waals surface area (Å²) in [5.74, 6) is -1.16. The number of halogens is 6. The second-order valence-corrected chi connectivity index (χ2v) is 8.81. The molecule has 0 spiro atoms. The molecule has 13 heteroatoms. The second-order valence-electron chi connectivity index (χ2n) is 8.81. The van der Waals surface area contributed by atoms with Crippen molar-refractivity contribution in [1.82, 2.24) is 0 Å². The molecule has 2 N–H and O–H groups in total. The molecule has 0 saturated heterocycles. The highest BCUT2D eigenvalue weighted by molar-refractivity contribution is 5.79. The number of carboxylic acid groups (broad SMARTS) is 1. The van der Waals surface area contributed by atoms with Crippen LogP contribution in [0.3, 0.4) is 0 Å². The molecule has 3 aliphatic rings. The van der Waals surface area contributed by atoms with Gasteiger partial charge in [-0.05, 0) is 52.4 Å². The summed E-state index contributed by atoms with van der Waals surface area (Å²) in [7, 11) is 0. The number of ketones is 2. The van der Waals surface area contributed by atoms with Crippen LogP contribution in [0.2, 0.25) is 0 Å². The van der Waals surface area contributed by atoms with Gasteiger partial charge in [0.15, 0.2) is 0 Å². The van der Waals surface area contributed by atoms with Crippen molar-refractivity contribution < 1.29 is 60.4 Å². The molecule has 7 nitrogen and oxygen atoms in total. The van der Waals surface area contributed by atoms with Gasteiger partial charge in [0.25, 0.3) is 0 Å². The van der Waals surface area contributed by atoms with Crippen molar-refractivity contribution in [2.45, 2.75) is 83.0 Å². The van der Waals surface area contributed by atoms with Crippen molar-refractivity contribution in [2.75, 3.05) is 13.2 Å². The highest BCUT2D eigenvalue weighted by Gasteiger charge is 2.38. The molecule has 0 heterocycles. The minimum atomic E-state index is -4.33. The number of aliphatic carboxylic acids is 1. The maximum absolute atomic E-state index is 11.6. The first-order chi connectivity index (χ1) is 15.5. The first-order valence-electron chi connectivity index (χ1n) is 10.7. The molecular weight excluding hydrogens is 478 g/mol. The van der Waals surface area contributed by atoms with Gasteiger partial charge >= 0.3 is 18.3 Å². The number of hydrogen-bond donors (Lipinski definition) is 2. The highest BCUT2D eigenvalue weighted by Crippen LogP contribution is 2.32. The van der Waals surface area contributed by atoms with Crippen LogP contribution in [0, 0.1) is 17.8 Å². The first-order valence-corrected chi connectivity index (χ1v) is 10.7. The van der Waals surface area contributed by atoms with Gasteiger partial charge in [-0.1, -0.05) is 0 Å². The van der Waals surface area contributed by atoms with Gasteiger partial charge < -0.3 is 19.7 Å². The monoisotopic (exact) mass is 508 g/mol. The number of carbonyl (C=O) groups excluding carboxylic acids is 2. The van der Waals surface area contributed by atoms with E-state index in [1.807, 2.05) is 0 Å². The van der Waals surface area contributed by atoms with Crippen LogP contribution in [0.1, 0.15) is 52.4 Å². The van der Waals surface area contributed by atoms with Crippen molar-refractivity contribution in [2.24, 2.45) is 17.8 Å². The van der Waals surface area contributed by atoms with Gasteiger partial charge in [0.1, 0.15) is 24.8 Å². The van der Waals surface area contributed by atoms with E-state index in [9.17, 15) is 40.7 Å². The van der Waals surface area contributed by atoms with E-state index in [2.05, 4.69) is 9.47 Å². The van der Waals surface area contributed by atoms with Gasteiger partial charge in [0.2, 0.25) is 0 Å². The molecule has 0 amide bonds. The average Bonchev–Trinajstić information content (AvgIpc) is 2.54. The van der Waals surface area contributed by atoms with Gasteiger partial charge in [-0.2, -0.15) is 26.3 Å². The molecule has 0 aromatic carbocycles. The molecule has 34 heavy (non-hydrogen) atoms. The van der Waals surface area contributed by atoms with Gasteiger partial charge in [-0.25, -0.2) is 0 Å². The van der Waals surface area contributed by atoms with Crippen molar-refractivity contribution in [3.8, 4) is 0 Å². The molecule has 0 aromatic rings. The SMILES string of the molecule is CC(=O)C1CC(O)C1.CC(=O)C1CC(OCC(F)(F)F)C1.O=C(O)C1CC(OCC(F)(F)F)C1. The van der Waals surface area contributed by atoms with Crippen molar-refractivity contribution in [3.63, 3.8) is 0 Å². The Morgan fingerprint density at radius 2 is 1.03 bits per heavy atom. The molecule has 3 rings (SSSR count). The van der Waals surface area contributed by atoms with Crippen molar-refractivity contribution in [3.05, 3.63) is 0 Å². The van der Waals surface area contributed by atoms with Gasteiger partial charge in [0.05, 0.1) is 24.2 Å². The van der Waals surface area contributed by atoms with Crippen molar-refractivity contribution in [1.29, 1.82) is 0 Å². The van der Waals surface area contributed by atoms with Gasteiger partial charge in [-0.15, -0.1) is 0 Å². The maximum atomic E-state index is 11.6. The summed E-state index contributed by atoms with van der Waals surface area (Å²) in [6.45, 7) is 0.535. The summed E-state index contributed by atoms with van der Waals surface area (Å²) < 4.78 is 78.7. The summed E-state index contributed by atoms with van der Waals surface area (Å²) in [4.78, 5) is 31.4. The fraction of sp³-hybridized carbons (Fsp3) is 0.857. The Morgan fingerprint density at radius 1 is 0.706 bits per heavy atom. The Bertz CT molecular complexity index is 632. The molecule has 3 aliphatic carbocycles. The summed E-state index contributed by atoms with van der Waals surface area (Å²) in [6.07, 6.45) is -7.07. The minimum Gasteiger partial charge on any atom is -0.481 e. The van der Waals surface area contributed by atoms with E-state index >= 15 is 0 Å². The van der Waals surface area contributed by atoms with E-state index < -0.39 is 43.6 Å². The third-order valence-electron chi connectivity index (χ3n) is 5.77. The lowest BCUT2D eigenvalue weighted by atomic mass is 9.80. The number of carbonyl (C=O) groups is 3. The zero-order chi connectivity index (χ0) is 26.3. The lowest BCUT2D eigenvalue weighted by Gasteiger charge is -2.33. The third kappa shape index (κ3) is 12.1. The predicted molar refractivity (Wildman–Crippen MR) is 105 cm³/mol. The number of aliphatic hydroxyl groups excluding tert-OH is 1. The average molecular weight is 508 g/mol. The third-order valence-corrected chi connectivity index (χ3v) is 5.77. The lowest BCUT2D eigenvalue weighted by molar-refractivity contribution is -0.199. The summed E-state index contributed by atoms with van der Waals surface area (Å²) >= 11 is 0. The predicted octanol–water partition coefficient (Wildman–Crippen LogP) is 3.71. The standard InChI is InChI=1S/C8H11F3O2.C7H9F3O3.C6H10O2/c1-5(12)6-2-7(3-6)13-4-8(9,10)11;8-7(9,10)3-13-5-1-4(2-5)6(11)12;1-4(7)5-2-6(8)3-5/h6-7H,2-4H2,1H3;4-5H,1-3H2,(H,11,12);5-6,8H,2-3H2,1H3. The number of aliphatic hydroxyl groups is 1. The first kappa shape index (κ1) is 30.3. The maximum Gasteiger partial charge on any atom is 0.411 e. The lowest BCUT2D eigenvalue weighted by Crippen LogP contribution is -2.38. The van der Waals surface area contributed by atoms with E-state index in [1.54, 1.807) is 6.92 Å². The quantitative estimate of drug-likeness (QED) is 0.505. The van der Waals surface area contributed by atoms with E-state index in [-0.39, 0.29) is 48.5 Å². The number of ether oxygens (including phenoxy) is 2. The summed E-state index contributed by atoms with van der Waals surface area (Å²) in [5, 5.41) is 17.1. The highest BCUT2D eigenvalue weighted by atomic mass is 19.4. The number of alkyl halides is 6. The van der Waals surface area contributed by atoms with Crippen LogP contribution < -0.4 is 0 Å². The Morgan fingerprint density at radius 3 is 1.26 bits per heavy atom. The smallest absolute Gasteiger partial charge is 0.411 e. The fourth-order valence-corrected chi connectivity index (χ4v) is 3.28. The Balaban J connectivity index is 0.000000263. The van der Waals surface area contributed by atoms with Gasteiger partial charge in [0, 0.05) is 11.8 Å². The van der Waals surface area contributed by atoms with Crippen LogP contribution in [0.15, 0.2) is 0 Å². The molecule has 0 bridgehead atoms. The minimum absolute atomic E-state index is 0.0341. The molecule has 0 radical (unpaired) electrons. The number of Topliss-reactive ketones (excluding diaryl/α,β-unsaturated/α-hetero) is 2. The van der Waals surface area contributed by atoms with E-state index in [0.29, 0.717) is 25.7 Å². The Labute approximate surface area is 192 Å². The van der Waals surface area contributed by atoms with Crippen LogP contribution in [0.4, 0.5) is 26.3 Å². The fourth-order valence-electron chi connectivity index (χ4n) is 3.28. The Kier molecular flexibility index (Phi) is 11.4. The number of hydrogen-bond acceptors (Lipinski definition) is 6. The normalized spacial score (nSPS) is 30.1. The van der Waals surface area contributed by atoms with E-state index in [4.69, 9.17) is 10.2 Å².